The lowest BCUT2D eigenvalue weighted by Crippen LogP contribution is -2.32. The number of hydrogen-bond donors (Lipinski definition) is 2. The third-order valence-electron chi connectivity index (χ3n) is 4.67. The van der Waals surface area contributed by atoms with Crippen molar-refractivity contribution in [2.75, 3.05) is 11.9 Å². The Bertz CT molecular complexity index is 1380. The van der Waals surface area contributed by atoms with E-state index < -0.39 is 5.91 Å². The fourth-order valence-electron chi connectivity index (χ4n) is 3.11. The Morgan fingerprint density at radius 2 is 1.91 bits per heavy atom. The van der Waals surface area contributed by atoms with Crippen molar-refractivity contribution in [1.29, 1.82) is 0 Å². The number of carbonyl (C=O) groups excluding carboxylic acids is 1. The number of anilines is 1. The van der Waals surface area contributed by atoms with E-state index in [4.69, 9.17) is 44.6 Å². The van der Waals surface area contributed by atoms with Crippen molar-refractivity contribution in [2.45, 2.75) is 6.92 Å². The molecule has 0 fully saturated rings. The third-order valence-corrected chi connectivity index (χ3v) is 5.44. The summed E-state index contributed by atoms with van der Waals surface area (Å²) in [5.74, 6) is 0.886. The normalized spacial score (nSPS) is 11.0. The van der Waals surface area contributed by atoms with Crippen LogP contribution < -0.4 is 15.4 Å². The van der Waals surface area contributed by atoms with E-state index in [0.717, 1.165) is 11.3 Å². The summed E-state index contributed by atoms with van der Waals surface area (Å²) >= 11 is 17.2. The number of benzene rings is 3. The molecule has 172 valence electrons. The minimum Gasteiger partial charge on any atom is -0.494 e. The summed E-state index contributed by atoms with van der Waals surface area (Å²) in [5.41, 5.74) is 3.45. The Labute approximate surface area is 211 Å². The van der Waals surface area contributed by atoms with Crippen LogP contribution >= 0.6 is 35.4 Å². The van der Waals surface area contributed by atoms with Crippen molar-refractivity contribution in [3.63, 3.8) is 0 Å². The number of nitrogens with one attached hydrogen (secondary N) is 2. The second-order valence-corrected chi connectivity index (χ2v) is 8.35. The Morgan fingerprint density at radius 3 is 2.65 bits per heavy atom. The summed E-state index contributed by atoms with van der Waals surface area (Å²) in [6.45, 7) is 2.54. The zero-order valence-electron chi connectivity index (χ0n) is 18.0. The van der Waals surface area contributed by atoms with Crippen LogP contribution in [-0.2, 0) is 4.79 Å². The van der Waals surface area contributed by atoms with E-state index in [-0.39, 0.29) is 5.11 Å². The lowest BCUT2D eigenvalue weighted by molar-refractivity contribution is -0.115. The first-order chi connectivity index (χ1) is 16.4. The number of rotatable bonds is 6. The molecule has 0 spiro atoms. The average Bonchev–Trinajstić information content (AvgIpc) is 3.22. The highest BCUT2D eigenvalue weighted by Crippen LogP contribution is 2.27. The molecular formula is C25H19Cl2N3O3S. The lowest BCUT2D eigenvalue weighted by atomic mass is 10.2. The van der Waals surface area contributed by atoms with Crippen LogP contribution in [0.1, 0.15) is 12.5 Å². The Balaban J connectivity index is 1.40. The molecule has 9 heteroatoms. The number of fused-ring (bicyclic) bond motifs is 1. The minimum atomic E-state index is -0.399. The second kappa shape index (κ2) is 10.7. The van der Waals surface area contributed by atoms with Gasteiger partial charge in [0.1, 0.15) is 11.3 Å². The van der Waals surface area contributed by atoms with E-state index in [1.165, 1.54) is 6.08 Å². The van der Waals surface area contributed by atoms with Crippen molar-refractivity contribution in [1.82, 2.24) is 10.3 Å². The molecular weight excluding hydrogens is 493 g/mol. The van der Waals surface area contributed by atoms with Crippen LogP contribution in [-0.4, -0.2) is 22.6 Å². The number of halogens is 2. The number of nitrogens with zero attached hydrogens (tertiary/aromatic N) is 1. The monoisotopic (exact) mass is 511 g/mol. The van der Waals surface area contributed by atoms with Crippen molar-refractivity contribution >= 4 is 69.3 Å². The summed E-state index contributed by atoms with van der Waals surface area (Å²) in [6.07, 6.45) is 2.92. The van der Waals surface area contributed by atoms with Gasteiger partial charge in [0, 0.05) is 27.4 Å². The van der Waals surface area contributed by atoms with E-state index in [0.29, 0.717) is 44.9 Å². The molecule has 0 saturated carbocycles. The topological polar surface area (TPSA) is 76.4 Å². The first-order valence-corrected chi connectivity index (χ1v) is 11.5. The number of thiocarbonyl (C=S) groups is 1. The van der Waals surface area contributed by atoms with E-state index in [2.05, 4.69) is 15.6 Å². The number of ether oxygens (including phenoxy) is 1. The summed E-state index contributed by atoms with van der Waals surface area (Å²) in [6, 6.07) is 17.9. The van der Waals surface area contributed by atoms with E-state index in [9.17, 15) is 4.79 Å². The van der Waals surface area contributed by atoms with Crippen molar-refractivity contribution < 1.29 is 13.9 Å². The molecule has 0 aliphatic heterocycles. The quantitative estimate of drug-likeness (QED) is 0.221. The maximum absolute atomic E-state index is 12.2. The van der Waals surface area contributed by atoms with E-state index in [1.54, 1.807) is 42.5 Å². The first kappa shape index (κ1) is 23.8. The summed E-state index contributed by atoms with van der Waals surface area (Å²) in [5, 5.41) is 6.68. The lowest BCUT2D eigenvalue weighted by Gasteiger charge is -2.07. The Kier molecular flexibility index (Phi) is 7.47. The van der Waals surface area contributed by atoms with Crippen LogP contribution in [0, 0.1) is 0 Å². The van der Waals surface area contributed by atoms with Crippen LogP contribution in [0.2, 0.25) is 10.0 Å². The molecule has 4 rings (SSSR count). The molecule has 0 radical (unpaired) electrons. The van der Waals surface area contributed by atoms with Crippen LogP contribution in [0.15, 0.2) is 71.2 Å². The van der Waals surface area contributed by atoms with Gasteiger partial charge in [0.05, 0.1) is 6.61 Å². The molecule has 1 aromatic heterocycles. The van der Waals surface area contributed by atoms with Gasteiger partial charge in [-0.2, -0.15) is 0 Å². The standard InChI is InChI=1S/C25H19Cl2N3O3S/c1-2-32-19-9-4-16(5-10-19)24-29-21-14-18(8-11-22(21)33-24)28-25(34)30-23(31)12-6-15-3-7-17(26)13-20(15)27/h3-14H,2H2,1H3,(H2,28,30,31,34). The molecule has 4 aromatic rings. The molecule has 3 aromatic carbocycles. The maximum atomic E-state index is 12.2. The van der Waals surface area contributed by atoms with Crippen LogP contribution in [0.5, 0.6) is 5.75 Å². The van der Waals surface area contributed by atoms with Gasteiger partial charge < -0.3 is 14.5 Å². The van der Waals surface area contributed by atoms with Gasteiger partial charge in [0.2, 0.25) is 11.8 Å². The molecule has 6 nitrogen and oxygen atoms in total. The molecule has 0 unspecified atom stereocenters. The Morgan fingerprint density at radius 1 is 1.12 bits per heavy atom. The Hall–Kier alpha value is -3.39. The van der Waals surface area contributed by atoms with Gasteiger partial charge in [-0.1, -0.05) is 29.3 Å². The molecule has 2 N–H and O–H groups in total. The highest BCUT2D eigenvalue weighted by molar-refractivity contribution is 7.80. The molecule has 0 atom stereocenters. The number of hydrogen-bond acceptors (Lipinski definition) is 5. The highest BCUT2D eigenvalue weighted by Gasteiger charge is 2.10. The molecule has 1 heterocycles. The second-order valence-electron chi connectivity index (χ2n) is 7.10. The van der Waals surface area contributed by atoms with Gasteiger partial charge in [-0.05, 0) is 85.4 Å². The SMILES string of the molecule is CCOc1ccc(-c2nc3cc(NC(=S)NC(=O)C=Cc4ccc(Cl)cc4Cl)ccc3o2)cc1. The van der Waals surface area contributed by atoms with Gasteiger partial charge in [-0.15, -0.1) is 0 Å². The van der Waals surface area contributed by atoms with Crippen molar-refractivity contribution in [2.24, 2.45) is 0 Å². The van der Waals surface area contributed by atoms with Gasteiger partial charge in [-0.3, -0.25) is 10.1 Å². The highest BCUT2D eigenvalue weighted by atomic mass is 35.5. The predicted octanol–water partition coefficient (Wildman–Crippen LogP) is 6.73. The number of carbonyl (C=O) groups is 1. The number of oxazole rings is 1. The average molecular weight is 512 g/mol. The van der Waals surface area contributed by atoms with Crippen molar-refractivity contribution in [3.05, 3.63) is 82.3 Å². The zero-order valence-corrected chi connectivity index (χ0v) is 20.3. The van der Waals surface area contributed by atoms with Gasteiger partial charge in [0.15, 0.2) is 10.7 Å². The molecule has 0 aliphatic rings. The molecule has 0 saturated heterocycles. The van der Waals surface area contributed by atoms with E-state index >= 15 is 0 Å². The predicted molar refractivity (Wildman–Crippen MR) is 140 cm³/mol. The zero-order chi connectivity index (χ0) is 24.1. The maximum Gasteiger partial charge on any atom is 0.250 e. The summed E-state index contributed by atoms with van der Waals surface area (Å²) in [7, 11) is 0. The molecule has 34 heavy (non-hydrogen) atoms. The summed E-state index contributed by atoms with van der Waals surface area (Å²) < 4.78 is 11.3. The smallest absolute Gasteiger partial charge is 0.250 e. The van der Waals surface area contributed by atoms with E-state index in [1.807, 2.05) is 31.2 Å². The third kappa shape index (κ3) is 5.94. The van der Waals surface area contributed by atoms with Gasteiger partial charge in [0.25, 0.3) is 0 Å². The molecule has 0 aliphatic carbocycles. The summed E-state index contributed by atoms with van der Waals surface area (Å²) in [4.78, 5) is 16.8. The molecule has 0 bridgehead atoms. The van der Waals surface area contributed by atoms with Crippen molar-refractivity contribution in [3.8, 4) is 17.2 Å². The number of amides is 1. The molecule has 1 amide bonds. The first-order valence-electron chi connectivity index (χ1n) is 10.3. The van der Waals surface area contributed by atoms with Crippen LogP contribution in [0.4, 0.5) is 5.69 Å². The van der Waals surface area contributed by atoms with Crippen LogP contribution in [0.3, 0.4) is 0 Å². The number of aromatic nitrogens is 1. The largest absolute Gasteiger partial charge is 0.494 e. The van der Waals surface area contributed by atoms with Gasteiger partial charge in [-0.25, -0.2) is 4.98 Å². The van der Waals surface area contributed by atoms with Crippen LogP contribution in [0.25, 0.3) is 28.6 Å². The fourth-order valence-corrected chi connectivity index (χ4v) is 3.80. The minimum absolute atomic E-state index is 0.145. The fraction of sp³-hybridized carbons (Fsp3) is 0.0800. The van der Waals surface area contributed by atoms with Gasteiger partial charge >= 0.3 is 0 Å².